The van der Waals surface area contributed by atoms with Crippen molar-refractivity contribution < 1.29 is 5.11 Å². The molecule has 0 radical (unpaired) electrons. The highest BCUT2D eigenvalue weighted by atomic mass is 16.3. The van der Waals surface area contributed by atoms with Gasteiger partial charge in [-0.1, -0.05) is 32.0 Å². The highest BCUT2D eigenvalue weighted by Crippen LogP contribution is 2.33. The average molecular weight is 270 g/mol. The Morgan fingerprint density at radius 1 is 1.30 bits per heavy atom. The van der Waals surface area contributed by atoms with E-state index in [1.807, 2.05) is 24.3 Å². The largest absolute Gasteiger partial charge is 0.392 e. The van der Waals surface area contributed by atoms with Crippen molar-refractivity contribution in [3.63, 3.8) is 0 Å². The molecule has 0 amide bonds. The van der Waals surface area contributed by atoms with Crippen LogP contribution in [-0.2, 0) is 6.61 Å². The lowest BCUT2D eigenvalue weighted by molar-refractivity contribution is 0.283. The zero-order chi connectivity index (χ0) is 14.1. The van der Waals surface area contributed by atoms with E-state index >= 15 is 0 Å². The monoisotopic (exact) mass is 270 g/mol. The zero-order valence-electron chi connectivity index (χ0n) is 12.2. The van der Waals surface area contributed by atoms with Crippen LogP contribution in [0.1, 0.15) is 32.3 Å². The van der Waals surface area contributed by atoms with Crippen LogP contribution in [0.2, 0.25) is 0 Å². The Morgan fingerprint density at radius 3 is 2.70 bits per heavy atom. The number of fused-ring (bicyclic) bond motifs is 1. The smallest absolute Gasteiger partial charge is 0.129 e. The summed E-state index contributed by atoms with van der Waals surface area (Å²) in [5.41, 5.74) is 1.95. The first-order chi connectivity index (χ1) is 9.69. The number of para-hydroxylation sites is 1. The second kappa shape index (κ2) is 5.41. The average Bonchev–Trinajstić information content (AvgIpc) is 3.28. The molecule has 2 aromatic rings. The van der Waals surface area contributed by atoms with Gasteiger partial charge in [-0.15, -0.1) is 0 Å². The maximum absolute atomic E-state index is 9.63. The summed E-state index contributed by atoms with van der Waals surface area (Å²) in [6, 6.07) is 10.8. The molecule has 1 aliphatic rings. The van der Waals surface area contributed by atoms with Crippen LogP contribution in [0.3, 0.4) is 0 Å². The fourth-order valence-electron chi connectivity index (χ4n) is 2.72. The highest BCUT2D eigenvalue weighted by Gasteiger charge is 2.30. The molecular formula is C17H22N2O. The molecule has 1 fully saturated rings. The molecule has 0 saturated heterocycles. The number of aliphatic hydroxyl groups excluding tert-OH is 1. The number of nitrogens with zero attached hydrogens (tertiary/aromatic N) is 2. The van der Waals surface area contributed by atoms with Gasteiger partial charge in [-0.3, -0.25) is 0 Å². The summed E-state index contributed by atoms with van der Waals surface area (Å²) in [5.74, 6) is 1.63. The van der Waals surface area contributed by atoms with Gasteiger partial charge in [0, 0.05) is 18.0 Å². The second-order valence-corrected chi connectivity index (χ2v) is 6.09. The third kappa shape index (κ3) is 2.63. The Bertz CT molecular complexity index is 605. The summed E-state index contributed by atoms with van der Waals surface area (Å²) < 4.78 is 0. The lowest BCUT2D eigenvalue weighted by Crippen LogP contribution is -2.30. The van der Waals surface area contributed by atoms with E-state index in [4.69, 9.17) is 4.98 Å². The zero-order valence-corrected chi connectivity index (χ0v) is 12.2. The number of hydrogen-bond acceptors (Lipinski definition) is 3. The van der Waals surface area contributed by atoms with Gasteiger partial charge in [0.05, 0.1) is 12.1 Å². The van der Waals surface area contributed by atoms with Gasteiger partial charge in [-0.25, -0.2) is 4.98 Å². The molecule has 0 aliphatic heterocycles. The molecule has 3 rings (SSSR count). The molecule has 1 heterocycles. The van der Waals surface area contributed by atoms with E-state index in [1.54, 1.807) is 0 Å². The normalized spacial score (nSPS) is 15.0. The number of aliphatic hydroxyl groups is 1. The molecule has 0 bridgehead atoms. The molecule has 0 atom stereocenters. The van der Waals surface area contributed by atoms with Crippen molar-refractivity contribution in [1.82, 2.24) is 4.98 Å². The number of rotatable bonds is 5. The van der Waals surface area contributed by atoms with Crippen LogP contribution in [-0.4, -0.2) is 22.7 Å². The van der Waals surface area contributed by atoms with Gasteiger partial charge in [0.2, 0.25) is 0 Å². The molecule has 3 heteroatoms. The summed E-state index contributed by atoms with van der Waals surface area (Å²) in [7, 11) is 0. The van der Waals surface area contributed by atoms with Crippen molar-refractivity contribution in [1.29, 1.82) is 0 Å². The molecule has 20 heavy (non-hydrogen) atoms. The number of hydrogen-bond donors (Lipinski definition) is 1. The molecule has 1 aromatic carbocycles. The first kappa shape index (κ1) is 13.4. The van der Waals surface area contributed by atoms with Crippen LogP contribution < -0.4 is 4.90 Å². The Balaban J connectivity index is 2.05. The van der Waals surface area contributed by atoms with Crippen molar-refractivity contribution in [3.8, 4) is 0 Å². The van der Waals surface area contributed by atoms with Crippen LogP contribution in [0.5, 0.6) is 0 Å². The predicted octanol–water partition coefficient (Wildman–Crippen LogP) is 3.35. The van der Waals surface area contributed by atoms with Gasteiger partial charge in [0.1, 0.15) is 5.82 Å². The molecule has 106 valence electrons. The standard InChI is InChI=1S/C17H22N2O/c1-12(2)10-19(14-7-8-14)17-9-13(11-20)15-5-3-4-6-16(15)18-17/h3-6,9,12,14,20H,7-8,10-11H2,1-2H3. The lowest BCUT2D eigenvalue weighted by Gasteiger charge is -2.26. The van der Waals surface area contributed by atoms with E-state index in [9.17, 15) is 5.11 Å². The van der Waals surface area contributed by atoms with Crippen molar-refractivity contribution in [2.75, 3.05) is 11.4 Å². The van der Waals surface area contributed by atoms with Crippen molar-refractivity contribution in [2.45, 2.75) is 39.3 Å². The number of benzene rings is 1. The lowest BCUT2D eigenvalue weighted by atomic mass is 10.1. The summed E-state index contributed by atoms with van der Waals surface area (Å²) in [6.07, 6.45) is 2.52. The van der Waals surface area contributed by atoms with E-state index in [0.717, 1.165) is 28.8 Å². The Morgan fingerprint density at radius 2 is 2.05 bits per heavy atom. The summed E-state index contributed by atoms with van der Waals surface area (Å²) in [6.45, 7) is 5.57. The fraction of sp³-hybridized carbons (Fsp3) is 0.471. The molecule has 1 aromatic heterocycles. The number of pyridine rings is 1. The molecule has 3 nitrogen and oxygen atoms in total. The first-order valence-corrected chi connectivity index (χ1v) is 7.45. The van der Waals surface area contributed by atoms with Crippen molar-refractivity contribution in [3.05, 3.63) is 35.9 Å². The van der Waals surface area contributed by atoms with Crippen molar-refractivity contribution in [2.24, 2.45) is 5.92 Å². The Hall–Kier alpha value is -1.61. The van der Waals surface area contributed by atoms with E-state index in [0.29, 0.717) is 12.0 Å². The van der Waals surface area contributed by atoms with Gasteiger partial charge in [0.25, 0.3) is 0 Å². The summed E-state index contributed by atoms with van der Waals surface area (Å²) >= 11 is 0. The molecule has 1 saturated carbocycles. The van der Waals surface area contributed by atoms with E-state index in [1.165, 1.54) is 12.8 Å². The predicted molar refractivity (Wildman–Crippen MR) is 82.9 cm³/mol. The summed E-state index contributed by atoms with van der Waals surface area (Å²) in [5, 5.41) is 10.7. The molecule has 0 spiro atoms. The molecule has 1 aliphatic carbocycles. The van der Waals surface area contributed by atoms with E-state index in [2.05, 4.69) is 24.8 Å². The second-order valence-electron chi connectivity index (χ2n) is 6.09. The van der Waals surface area contributed by atoms with Gasteiger partial charge >= 0.3 is 0 Å². The molecule has 1 N–H and O–H groups in total. The first-order valence-electron chi connectivity index (χ1n) is 7.45. The van der Waals surface area contributed by atoms with Crippen molar-refractivity contribution >= 4 is 16.7 Å². The van der Waals surface area contributed by atoms with Crippen LogP contribution >= 0.6 is 0 Å². The number of anilines is 1. The third-order valence-electron chi connectivity index (χ3n) is 3.80. The molecular weight excluding hydrogens is 248 g/mol. The summed E-state index contributed by atoms with van der Waals surface area (Å²) in [4.78, 5) is 7.23. The van der Waals surface area contributed by atoms with Crippen LogP contribution in [0, 0.1) is 5.92 Å². The molecule has 0 unspecified atom stereocenters. The minimum atomic E-state index is 0.0657. The van der Waals surface area contributed by atoms with Crippen LogP contribution in [0.15, 0.2) is 30.3 Å². The van der Waals surface area contributed by atoms with Gasteiger partial charge < -0.3 is 10.0 Å². The Kier molecular flexibility index (Phi) is 3.62. The Labute approximate surface area is 120 Å². The topological polar surface area (TPSA) is 36.4 Å². The van der Waals surface area contributed by atoms with Gasteiger partial charge in [-0.05, 0) is 36.5 Å². The van der Waals surface area contributed by atoms with E-state index < -0.39 is 0 Å². The SMILES string of the molecule is CC(C)CN(c1cc(CO)c2ccccc2n1)C1CC1. The van der Waals surface area contributed by atoms with Crippen LogP contribution in [0.4, 0.5) is 5.82 Å². The maximum atomic E-state index is 9.63. The minimum absolute atomic E-state index is 0.0657. The maximum Gasteiger partial charge on any atom is 0.129 e. The number of aromatic nitrogens is 1. The van der Waals surface area contributed by atoms with Crippen LogP contribution in [0.25, 0.3) is 10.9 Å². The van der Waals surface area contributed by atoms with Gasteiger partial charge in [0.15, 0.2) is 0 Å². The highest BCUT2D eigenvalue weighted by molar-refractivity contribution is 5.84. The quantitative estimate of drug-likeness (QED) is 0.905. The fourth-order valence-corrected chi connectivity index (χ4v) is 2.72. The minimum Gasteiger partial charge on any atom is -0.392 e. The van der Waals surface area contributed by atoms with Gasteiger partial charge in [-0.2, -0.15) is 0 Å². The third-order valence-corrected chi connectivity index (χ3v) is 3.80. The van der Waals surface area contributed by atoms with E-state index in [-0.39, 0.29) is 6.61 Å².